The van der Waals surface area contributed by atoms with Crippen LogP contribution in [0.15, 0.2) is 53.3 Å². The van der Waals surface area contributed by atoms with Crippen molar-refractivity contribution in [1.29, 1.82) is 0 Å². The third-order valence-corrected chi connectivity index (χ3v) is 8.66. The Morgan fingerprint density at radius 3 is 2.64 bits per heavy atom. The molecule has 3 aromatic rings. The van der Waals surface area contributed by atoms with Crippen molar-refractivity contribution < 1.29 is 18.0 Å². The third kappa shape index (κ3) is 5.46. The van der Waals surface area contributed by atoms with Gasteiger partial charge in [-0.05, 0) is 56.2 Å². The lowest BCUT2D eigenvalue weighted by Crippen LogP contribution is -2.46. The van der Waals surface area contributed by atoms with Gasteiger partial charge in [-0.3, -0.25) is 9.59 Å². The minimum atomic E-state index is -3.62. The van der Waals surface area contributed by atoms with Crippen molar-refractivity contribution in [1.82, 2.24) is 24.4 Å². The molecule has 4 rings (SSSR count). The zero-order valence-electron chi connectivity index (χ0n) is 18.0. The monoisotopic (exact) mass is 488 g/mol. The maximum Gasteiger partial charge on any atom is 0.252 e. The number of nitrogens with one attached hydrogen (secondary N) is 2. The fourth-order valence-corrected chi connectivity index (χ4v) is 6.57. The molecule has 1 saturated heterocycles. The predicted molar refractivity (Wildman–Crippen MR) is 124 cm³/mol. The molecule has 1 atom stereocenters. The molecule has 33 heavy (non-hydrogen) atoms. The number of amides is 2. The first-order valence-electron chi connectivity index (χ1n) is 10.4. The topological polar surface area (TPSA) is 126 Å². The highest BCUT2D eigenvalue weighted by Gasteiger charge is 2.34. The summed E-state index contributed by atoms with van der Waals surface area (Å²) in [7, 11) is -3.62. The van der Waals surface area contributed by atoms with E-state index in [9.17, 15) is 18.0 Å². The predicted octanol–water partition coefficient (Wildman–Crippen LogP) is 1.79. The first-order chi connectivity index (χ1) is 15.8. The number of aromatic nitrogens is 3. The minimum absolute atomic E-state index is 0.108. The van der Waals surface area contributed by atoms with Crippen molar-refractivity contribution >= 4 is 38.9 Å². The number of hydrogen-bond acceptors (Lipinski definition) is 7. The van der Waals surface area contributed by atoms with Gasteiger partial charge >= 0.3 is 0 Å². The van der Waals surface area contributed by atoms with Crippen LogP contribution in [0.4, 0.5) is 5.69 Å². The molecule has 2 amide bonds. The number of sulfonamides is 1. The molecule has 0 spiro atoms. The summed E-state index contributed by atoms with van der Waals surface area (Å²) in [5.41, 5.74) is 1.38. The van der Waals surface area contributed by atoms with E-state index < -0.39 is 15.9 Å². The van der Waals surface area contributed by atoms with Gasteiger partial charge in [-0.1, -0.05) is 0 Å². The molecule has 10 nitrogen and oxygen atoms in total. The van der Waals surface area contributed by atoms with Gasteiger partial charge < -0.3 is 10.6 Å². The second-order valence-electron chi connectivity index (χ2n) is 7.72. The van der Waals surface area contributed by atoms with Crippen molar-refractivity contribution in [3.63, 3.8) is 0 Å². The van der Waals surface area contributed by atoms with Crippen molar-refractivity contribution in [2.24, 2.45) is 5.92 Å². The van der Waals surface area contributed by atoms with Gasteiger partial charge in [-0.15, -0.1) is 11.3 Å². The van der Waals surface area contributed by atoms with E-state index in [1.807, 2.05) is 6.92 Å². The van der Waals surface area contributed by atoms with Gasteiger partial charge in [0, 0.05) is 23.7 Å². The smallest absolute Gasteiger partial charge is 0.252 e. The van der Waals surface area contributed by atoms with Crippen LogP contribution in [-0.2, 0) is 19.6 Å². The molecule has 0 aliphatic carbocycles. The SMILES string of the molecule is Cc1ccc(S(=O)(=O)N2CCCC(C(=O)NCC(=O)Nc3ccc(-n4cncn4)cc3)C2)s1. The van der Waals surface area contributed by atoms with Crippen LogP contribution in [0.25, 0.3) is 5.69 Å². The van der Waals surface area contributed by atoms with Gasteiger partial charge in [0.05, 0.1) is 18.2 Å². The van der Waals surface area contributed by atoms with Gasteiger partial charge in [0.2, 0.25) is 11.8 Å². The number of carbonyl (C=O) groups is 2. The molecule has 2 aromatic heterocycles. The van der Waals surface area contributed by atoms with Crippen LogP contribution < -0.4 is 10.6 Å². The van der Waals surface area contributed by atoms with Gasteiger partial charge in [-0.2, -0.15) is 9.40 Å². The Hall–Kier alpha value is -3.09. The minimum Gasteiger partial charge on any atom is -0.347 e. The number of rotatable bonds is 7. The van der Waals surface area contributed by atoms with Crippen LogP contribution in [0.3, 0.4) is 0 Å². The summed E-state index contributed by atoms with van der Waals surface area (Å²) < 4.78 is 29.0. The average molecular weight is 489 g/mol. The molecule has 2 N–H and O–H groups in total. The Balaban J connectivity index is 1.28. The Kier molecular flexibility index (Phi) is 6.86. The second kappa shape index (κ2) is 9.81. The van der Waals surface area contributed by atoms with E-state index in [1.165, 1.54) is 22.0 Å². The van der Waals surface area contributed by atoms with Crippen LogP contribution in [0.5, 0.6) is 0 Å². The standard InChI is InChI=1S/C21H24N6O4S2/c1-15-4-9-20(32-15)33(30,31)26-10-2-3-16(12-26)21(29)23-11-19(28)25-17-5-7-18(8-6-17)27-14-22-13-24-27/h4-9,13-14,16H,2-3,10-12H2,1H3,(H,23,29)(H,25,28). The Bertz CT molecular complexity index is 1220. The van der Waals surface area contributed by atoms with E-state index in [-0.39, 0.29) is 29.1 Å². The molecule has 1 aliphatic heterocycles. The molecule has 1 unspecified atom stereocenters. The Morgan fingerprint density at radius 2 is 1.97 bits per heavy atom. The number of piperidine rings is 1. The Morgan fingerprint density at radius 1 is 1.18 bits per heavy atom. The van der Waals surface area contributed by atoms with E-state index >= 15 is 0 Å². The molecule has 174 valence electrons. The highest BCUT2D eigenvalue weighted by molar-refractivity contribution is 7.91. The van der Waals surface area contributed by atoms with E-state index in [0.29, 0.717) is 25.1 Å². The van der Waals surface area contributed by atoms with E-state index in [4.69, 9.17) is 0 Å². The summed E-state index contributed by atoms with van der Waals surface area (Å²) in [6.07, 6.45) is 4.17. The maximum absolute atomic E-state index is 12.9. The number of hydrogen-bond donors (Lipinski definition) is 2. The van der Waals surface area contributed by atoms with Crippen LogP contribution in [0, 0.1) is 12.8 Å². The molecule has 0 radical (unpaired) electrons. The molecule has 1 aliphatic rings. The van der Waals surface area contributed by atoms with Gasteiger partial charge in [0.1, 0.15) is 16.9 Å². The van der Waals surface area contributed by atoms with E-state index in [1.54, 1.807) is 47.4 Å². The number of carbonyl (C=O) groups excluding carboxylic acids is 2. The van der Waals surface area contributed by atoms with Crippen LogP contribution in [0.2, 0.25) is 0 Å². The fourth-order valence-electron chi connectivity index (χ4n) is 3.61. The molecular weight excluding hydrogens is 464 g/mol. The highest BCUT2D eigenvalue weighted by Crippen LogP contribution is 2.28. The molecule has 1 aromatic carbocycles. The molecule has 3 heterocycles. The van der Waals surface area contributed by atoms with Crippen LogP contribution >= 0.6 is 11.3 Å². The van der Waals surface area contributed by atoms with E-state index in [0.717, 1.165) is 10.6 Å². The fraction of sp³-hybridized carbons (Fsp3) is 0.333. The number of anilines is 1. The zero-order chi connectivity index (χ0) is 23.4. The molecule has 0 saturated carbocycles. The van der Waals surface area contributed by atoms with Gasteiger partial charge in [-0.25, -0.2) is 18.1 Å². The summed E-state index contributed by atoms with van der Waals surface area (Å²) in [5, 5.41) is 9.39. The van der Waals surface area contributed by atoms with Crippen molar-refractivity contribution in [2.45, 2.75) is 24.0 Å². The average Bonchev–Trinajstić information content (AvgIpc) is 3.50. The largest absolute Gasteiger partial charge is 0.347 e. The molecule has 0 bridgehead atoms. The lowest BCUT2D eigenvalue weighted by molar-refractivity contribution is -0.128. The number of benzene rings is 1. The van der Waals surface area contributed by atoms with Crippen molar-refractivity contribution in [2.75, 3.05) is 25.0 Å². The lowest BCUT2D eigenvalue weighted by atomic mass is 9.99. The Labute approximate surface area is 195 Å². The number of thiophene rings is 1. The lowest BCUT2D eigenvalue weighted by Gasteiger charge is -2.30. The summed E-state index contributed by atoms with van der Waals surface area (Å²) in [5.74, 6) is -1.19. The third-order valence-electron chi connectivity index (χ3n) is 5.32. The first kappa shape index (κ1) is 23.1. The first-order valence-corrected chi connectivity index (χ1v) is 12.7. The number of nitrogens with zero attached hydrogens (tertiary/aromatic N) is 4. The van der Waals surface area contributed by atoms with Crippen molar-refractivity contribution in [3.8, 4) is 5.69 Å². The number of aryl methyl sites for hydroxylation is 1. The summed E-state index contributed by atoms with van der Waals surface area (Å²) >= 11 is 1.22. The van der Waals surface area contributed by atoms with Crippen LogP contribution in [0.1, 0.15) is 17.7 Å². The van der Waals surface area contributed by atoms with Gasteiger partial charge in [0.15, 0.2) is 0 Å². The molecular formula is C21H24N6O4S2. The van der Waals surface area contributed by atoms with Gasteiger partial charge in [0.25, 0.3) is 10.0 Å². The normalized spacial score (nSPS) is 16.9. The summed E-state index contributed by atoms with van der Waals surface area (Å²) in [4.78, 5) is 29.7. The highest BCUT2D eigenvalue weighted by atomic mass is 32.2. The summed E-state index contributed by atoms with van der Waals surface area (Å²) in [6, 6.07) is 10.4. The van der Waals surface area contributed by atoms with Crippen LogP contribution in [-0.4, -0.2) is 58.9 Å². The molecule has 1 fully saturated rings. The van der Waals surface area contributed by atoms with E-state index in [2.05, 4.69) is 20.7 Å². The van der Waals surface area contributed by atoms with Crippen molar-refractivity contribution in [3.05, 3.63) is 53.9 Å². The zero-order valence-corrected chi connectivity index (χ0v) is 19.6. The molecule has 12 heteroatoms. The quantitative estimate of drug-likeness (QED) is 0.522. The second-order valence-corrected chi connectivity index (χ2v) is 11.2. The maximum atomic E-state index is 12.9. The summed E-state index contributed by atoms with van der Waals surface area (Å²) in [6.45, 7) is 2.15.